The van der Waals surface area contributed by atoms with Gasteiger partial charge in [-0.05, 0) is 53.8 Å². The summed E-state index contributed by atoms with van der Waals surface area (Å²) >= 11 is 0. The second-order valence-corrected chi connectivity index (χ2v) is 9.28. The molecule has 1 aliphatic carbocycles. The monoisotopic (exact) mass is 453 g/mol. The second kappa shape index (κ2) is 9.76. The van der Waals surface area contributed by atoms with E-state index in [-0.39, 0.29) is 11.9 Å². The summed E-state index contributed by atoms with van der Waals surface area (Å²) in [5.41, 5.74) is 4.66. The van der Waals surface area contributed by atoms with E-state index in [0.29, 0.717) is 5.75 Å². The zero-order valence-electron chi connectivity index (χ0n) is 19.9. The Labute approximate surface area is 200 Å². The molecule has 0 radical (unpaired) electrons. The third-order valence-corrected chi connectivity index (χ3v) is 6.93. The fourth-order valence-corrected chi connectivity index (χ4v) is 5.05. The van der Waals surface area contributed by atoms with Gasteiger partial charge in [-0.15, -0.1) is 0 Å². The van der Waals surface area contributed by atoms with E-state index in [1.165, 1.54) is 36.5 Å². The fraction of sp³-hybridized carbons (Fsp3) is 0.300. The first kappa shape index (κ1) is 22.3. The lowest BCUT2D eigenvalue weighted by Crippen LogP contribution is -2.33. The Morgan fingerprint density at radius 1 is 1.00 bits per heavy atom. The number of carbonyl (C=O) groups excluding carboxylic acids is 1. The van der Waals surface area contributed by atoms with Gasteiger partial charge in [-0.1, -0.05) is 62.1 Å². The standard InChI is InChI=1S/C30H31NO3/c1-20(15-30(32)31-24-11-5-3-4-6-12-24)25-17-26-27(19-34-29(26)18-28(25)33-2)23-14-13-21-9-7-8-10-22(21)16-23/h7-10,13-19,24H,3-6,11-12H2,1-2H3,(H,31,32)/b20-15+. The molecule has 1 N–H and O–H groups in total. The van der Waals surface area contributed by atoms with Gasteiger partial charge >= 0.3 is 0 Å². The van der Waals surface area contributed by atoms with Crippen molar-refractivity contribution in [1.29, 1.82) is 0 Å². The molecule has 0 bridgehead atoms. The van der Waals surface area contributed by atoms with Crippen LogP contribution in [-0.4, -0.2) is 19.1 Å². The van der Waals surface area contributed by atoms with E-state index >= 15 is 0 Å². The molecular weight excluding hydrogens is 422 g/mol. The van der Waals surface area contributed by atoms with Crippen LogP contribution in [0, 0.1) is 0 Å². The minimum Gasteiger partial charge on any atom is -0.496 e. The maximum absolute atomic E-state index is 12.8. The van der Waals surface area contributed by atoms with Gasteiger partial charge in [0, 0.05) is 34.7 Å². The number of carbonyl (C=O) groups is 1. The van der Waals surface area contributed by atoms with Crippen molar-refractivity contribution >= 4 is 33.2 Å². The molecule has 0 spiro atoms. The van der Waals surface area contributed by atoms with Gasteiger partial charge in [-0.25, -0.2) is 0 Å². The van der Waals surface area contributed by atoms with E-state index in [2.05, 4.69) is 53.8 Å². The van der Waals surface area contributed by atoms with Crippen LogP contribution in [0.25, 0.3) is 38.4 Å². The molecule has 1 aromatic heterocycles. The lowest BCUT2D eigenvalue weighted by Gasteiger charge is -2.15. The topological polar surface area (TPSA) is 51.5 Å². The molecule has 0 atom stereocenters. The molecule has 34 heavy (non-hydrogen) atoms. The minimum absolute atomic E-state index is 0.0338. The van der Waals surface area contributed by atoms with Gasteiger partial charge in [-0.3, -0.25) is 4.79 Å². The van der Waals surface area contributed by atoms with E-state index in [1.54, 1.807) is 19.4 Å². The summed E-state index contributed by atoms with van der Waals surface area (Å²) in [5.74, 6) is 0.663. The predicted octanol–water partition coefficient (Wildman–Crippen LogP) is 7.50. The molecule has 1 aliphatic rings. The van der Waals surface area contributed by atoms with Gasteiger partial charge in [0.1, 0.15) is 11.3 Å². The van der Waals surface area contributed by atoms with E-state index in [0.717, 1.165) is 46.1 Å². The molecule has 5 rings (SSSR count). The van der Waals surface area contributed by atoms with Crippen molar-refractivity contribution in [2.45, 2.75) is 51.5 Å². The minimum atomic E-state index is -0.0338. The number of fused-ring (bicyclic) bond motifs is 2. The molecule has 174 valence electrons. The van der Waals surface area contributed by atoms with Crippen molar-refractivity contribution in [2.24, 2.45) is 0 Å². The number of furan rings is 1. The highest BCUT2D eigenvalue weighted by molar-refractivity contribution is 6.01. The molecule has 1 saturated carbocycles. The number of nitrogens with one attached hydrogen (secondary N) is 1. The lowest BCUT2D eigenvalue weighted by atomic mass is 9.97. The summed E-state index contributed by atoms with van der Waals surface area (Å²) in [7, 11) is 1.65. The molecule has 1 fully saturated rings. The molecular formula is C30H31NO3. The Bertz CT molecular complexity index is 1360. The summed E-state index contributed by atoms with van der Waals surface area (Å²) in [4.78, 5) is 12.8. The molecule has 1 amide bonds. The van der Waals surface area contributed by atoms with Crippen LogP contribution in [-0.2, 0) is 4.79 Å². The maximum atomic E-state index is 12.8. The molecule has 0 aliphatic heterocycles. The number of hydrogen-bond donors (Lipinski definition) is 1. The van der Waals surface area contributed by atoms with Crippen LogP contribution in [0.5, 0.6) is 5.75 Å². The number of methoxy groups -OCH3 is 1. The van der Waals surface area contributed by atoms with Crippen molar-refractivity contribution in [1.82, 2.24) is 5.32 Å². The average molecular weight is 454 g/mol. The molecule has 4 aromatic rings. The summed E-state index contributed by atoms with van der Waals surface area (Å²) < 4.78 is 11.6. The number of amides is 1. The highest BCUT2D eigenvalue weighted by atomic mass is 16.5. The Balaban J connectivity index is 1.48. The maximum Gasteiger partial charge on any atom is 0.244 e. The molecule has 3 aromatic carbocycles. The first-order valence-electron chi connectivity index (χ1n) is 12.2. The normalized spacial score (nSPS) is 15.4. The van der Waals surface area contributed by atoms with Crippen LogP contribution in [0.2, 0.25) is 0 Å². The first-order chi connectivity index (χ1) is 16.6. The van der Waals surface area contributed by atoms with Crippen LogP contribution in [0.3, 0.4) is 0 Å². The average Bonchev–Trinajstić information content (AvgIpc) is 3.10. The molecule has 4 heteroatoms. The van der Waals surface area contributed by atoms with E-state index < -0.39 is 0 Å². The van der Waals surface area contributed by atoms with Crippen LogP contribution >= 0.6 is 0 Å². The molecule has 1 heterocycles. The van der Waals surface area contributed by atoms with Gasteiger partial charge in [-0.2, -0.15) is 0 Å². The fourth-order valence-electron chi connectivity index (χ4n) is 5.05. The van der Waals surface area contributed by atoms with Crippen molar-refractivity contribution in [2.75, 3.05) is 7.11 Å². The Morgan fingerprint density at radius 2 is 1.76 bits per heavy atom. The Kier molecular flexibility index (Phi) is 6.39. The first-order valence-corrected chi connectivity index (χ1v) is 12.2. The molecule has 0 unspecified atom stereocenters. The summed E-state index contributed by atoms with van der Waals surface area (Å²) in [6.07, 6.45) is 10.5. The van der Waals surface area contributed by atoms with Gasteiger partial charge < -0.3 is 14.5 Å². The number of ether oxygens (including phenoxy) is 1. The van der Waals surface area contributed by atoms with Crippen LogP contribution < -0.4 is 10.1 Å². The van der Waals surface area contributed by atoms with E-state index in [9.17, 15) is 4.79 Å². The van der Waals surface area contributed by atoms with E-state index in [1.807, 2.05) is 13.0 Å². The van der Waals surface area contributed by atoms with Crippen LogP contribution in [0.1, 0.15) is 51.0 Å². The quantitative estimate of drug-likeness (QED) is 0.251. The smallest absolute Gasteiger partial charge is 0.244 e. The van der Waals surface area contributed by atoms with E-state index in [4.69, 9.17) is 9.15 Å². The largest absolute Gasteiger partial charge is 0.496 e. The second-order valence-electron chi connectivity index (χ2n) is 9.28. The van der Waals surface area contributed by atoms with Crippen LogP contribution in [0.4, 0.5) is 0 Å². The highest BCUT2D eigenvalue weighted by Gasteiger charge is 2.17. The zero-order chi connectivity index (χ0) is 23.5. The van der Waals surface area contributed by atoms with Crippen molar-refractivity contribution < 1.29 is 13.9 Å². The van der Waals surface area contributed by atoms with Gasteiger partial charge in [0.25, 0.3) is 0 Å². The third kappa shape index (κ3) is 4.58. The van der Waals surface area contributed by atoms with Gasteiger partial charge in [0.05, 0.1) is 13.4 Å². The van der Waals surface area contributed by atoms with Crippen molar-refractivity contribution in [3.05, 3.63) is 72.5 Å². The predicted molar refractivity (Wildman–Crippen MR) is 139 cm³/mol. The molecule has 4 nitrogen and oxygen atoms in total. The summed E-state index contributed by atoms with van der Waals surface area (Å²) in [6.45, 7) is 1.96. The Hall–Kier alpha value is -3.53. The van der Waals surface area contributed by atoms with Gasteiger partial charge in [0.15, 0.2) is 0 Å². The van der Waals surface area contributed by atoms with Crippen molar-refractivity contribution in [3.63, 3.8) is 0 Å². The SMILES string of the molecule is COc1cc2occ(-c3ccc4ccccc4c3)c2cc1/C(C)=C/C(=O)NC1CCCCCC1. The number of hydrogen-bond acceptors (Lipinski definition) is 3. The zero-order valence-corrected chi connectivity index (χ0v) is 19.9. The number of rotatable bonds is 5. The summed E-state index contributed by atoms with van der Waals surface area (Å²) in [6, 6.07) is 19.0. The van der Waals surface area contributed by atoms with Gasteiger partial charge in [0.2, 0.25) is 5.91 Å². The highest BCUT2D eigenvalue weighted by Crippen LogP contribution is 2.38. The molecule has 0 saturated heterocycles. The van der Waals surface area contributed by atoms with Crippen molar-refractivity contribution in [3.8, 4) is 16.9 Å². The third-order valence-electron chi connectivity index (χ3n) is 6.93. The van der Waals surface area contributed by atoms with Crippen LogP contribution in [0.15, 0.2) is 71.4 Å². The number of allylic oxidation sites excluding steroid dienone is 1. The Morgan fingerprint density at radius 3 is 2.53 bits per heavy atom. The summed E-state index contributed by atoms with van der Waals surface area (Å²) in [5, 5.41) is 6.61. The number of benzene rings is 3. The lowest BCUT2D eigenvalue weighted by molar-refractivity contribution is -0.117.